The zero-order valence-electron chi connectivity index (χ0n) is 16.7. The van der Waals surface area contributed by atoms with E-state index in [4.69, 9.17) is 4.42 Å². The molecule has 0 amide bonds. The summed E-state index contributed by atoms with van der Waals surface area (Å²) in [7, 11) is -3.57. The number of fused-ring (bicyclic) bond motifs is 1. The van der Waals surface area contributed by atoms with Crippen molar-refractivity contribution in [2.24, 2.45) is 5.41 Å². The normalized spacial score (nSPS) is 21.0. The Bertz CT molecular complexity index is 1350. The van der Waals surface area contributed by atoms with E-state index in [-0.39, 0.29) is 11.3 Å². The van der Waals surface area contributed by atoms with E-state index in [0.29, 0.717) is 40.8 Å². The van der Waals surface area contributed by atoms with E-state index < -0.39 is 10.0 Å². The molecule has 9 heteroatoms. The molecule has 3 aromatic heterocycles. The van der Waals surface area contributed by atoms with E-state index >= 15 is 0 Å². The topological polar surface area (TPSA) is 105 Å². The highest BCUT2D eigenvalue weighted by Gasteiger charge is 2.59. The molecule has 0 unspecified atom stereocenters. The fourth-order valence-electron chi connectivity index (χ4n) is 4.78. The molecule has 1 aromatic carbocycles. The van der Waals surface area contributed by atoms with Crippen molar-refractivity contribution in [3.05, 3.63) is 60.7 Å². The van der Waals surface area contributed by atoms with E-state index in [1.54, 1.807) is 28.8 Å². The van der Waals surface area contributed by atoms with Gasteiger partial charge in [0.2, 0.25) is 21.8 Å². The van der Waals surface area contributed by atoms with Gasteiger partial charge in [-0.3, -0.25) is 0 Å². The number of H-pyrrole nitrogens is 1. The van der Waals surface area contributed by atoms with Crippen molar-refractivity contribution in [1.82, 2.24) is 24.5 Å². The van der Waals surface area contributed by atoms with Gasteiger partial charge in [-0.15, -0.1) is 10.2 Å². The lowest BCUT2D eigenvalue weighted by Crippen LogP contribution is -2.39. The number of pyridine rings is 1. The summed E-state index contributed by atoms with van der Waals surface area (Å²) in [4.78, 5) is 7.46. The third-order valence-corrected chi connectivity index (χ3v) is 8.64. The van der Waals surface area contributed by atoms with Crippen LogP contribution in [0.15, 0.2) is 64.2 Å². The average Bonchev–Trinajstić information content (AvgIpc) is 3.16. The van der Waals surface area contributed by atoms with Gasteiger partial charge in [0, 0.05) is 42.4 Å². The van der Waals surface area contributed by atoms with Gasteiger partial charge in [-0.05, 0) is 48.9 Å². The van der Waals surface area contributed by atoms with Crippen molar-refractivity contribution in [2.75, 3.05) is 13.1 Å². The molecule has 8 nitrogen and oxygen atoms in total. The van der Waals surface area contributed by atoms with Crippen LogP contribution in [0.4, 0.5) is 0 Å². The lowest BCUT2D eigenvalue weighted by Gasteiger charge is -2.31. The molecular formula is C22H21N5O3S. The molecule has 0 bridgehead atoms. The first-order chi connectivity index (χ1) is 15.1. The molecule has 6 rings (SSSR count). The quantitative estimate of drug-likeness (QED) is 0.525. The van der Waals surface area contributed by atoms with Crippen molar-refractivity contribution >= 4 is 21.1 Å². The monoisotopic (exact) mass is 435 g/mol. The van der Waals surface area contributed by atoms with Crippen LogP contribution in [-0.2, 0) is 10.0 Å². The van der Waals surface area contributed by atoms with Crippen molar-refractivity contribution < 1.29 is 12.8 Å². The summed E-state index contributed by atoms with van der Waals surface area (Å²) < 4.78 is 34.0. The number of nitrogens with zero attached hydrogens (tertiary/aromatic N) is 4. The van der Waals surface area contributed by atoms with Crippen LogP contribution < -0.4 is 0 Å². The van der Waals surface area contributed by atoms with Crippen molar-refractivity contribution in [3.8, 4) is 11.5 Å². The standard InChI is InChI=1S/C22H21N5O3S/c28-31(29,18-14-24-19-16(18)7-4-10-23-19)27-11-8-22(9-12-27)13-17(22)21-26-25-20(30-21)15-5-2-1-3-6-15/h1-7,10,14,17H,8-9,11-13H2,(H,23,24)/t17-/m0/s1. The highest BCUT2D eigenvalue weighted by Crippen LogP contribution is 2.64. The Morgan fingerprint density at radius 2 is 1.87 bits per heavy atom. The van der Waals surface area contributed by atoms with E-state index in [0.717, 1.165) is 24.8 Å². The number of nitrogens with one attached hydrogen (secondary N) is 1. The summed E-state index contributed by atoms with van der Waals surface area (Å²) in [5.41, 5.74) is 1.56. The van der Waals surface area contributed by atoms with Crippen LogP contribution in [-0.4, -0.2) is 46.0 Å². The third-order valence-electron chi connectivity index (χ3n) is 6.70. The molecule has 1 saturated carbocycles. The summed E-state index contributed by atoms with van der Waals surface area (Å²) in [6.07, 6.45) is 5.74. The highest BCUT2D eigenvalue weighted by molar-refractivity contribution is 7.89. The van der Waals surface area contributed by atoms with Crippen LogP contribution in [0.3, 0.4) is 0 Å². The number of hydrogen-bond acceptors (Lipinski definition) is 6. The molecule has 1 N–H and O–H groups in total. The van der Waals surface area contributed by atoms with E-state index in [9.17, 15) is 8.42 Å². The average molecular weight is 436 g/mol. The largest absolute Gasteiger partial charge is 0.420 e. The lowest BCUT2D eigenvalue weighted by atomic mass is 9.92. The van der Waals surface area contributed by atoms with E-state index in [1.807, 2.05) is 30.3 Å². The number of aromatic nitrogens is 4. The predicted molar refractivity (Wildman–Crippen MR) is 114 cm³/mol. The van der Waals surface area contributed by atoms with Crippen molar-refractivity contribution in [3.63, 3.8) is 0 Å². The Morgan fingerprint density at radius 1 is 1.06 bits per heavy atom. The van der Waals surface area contributed by atoms with Gasteiger partial charge in [0.25, 0.3) is 0 Å². The number of rotatable bonds is 4. The van der Waals surface area contributed by atoms with Crippen molar-refractivity contribution in [2.45, 2.75) is 30.1 Å². The van der Waals surface area contributed by atoms with Gasteiger partial charge < -0.3 is 9.40 Å². The minimum atomic E-state index is -3.57. The molecule has 1 aliphatic heterocycles. The minimum absolute atomic E-state index is 0.0638. The van der Waals surface area contributed by atoms with Crippen LogP contribution in [0.5, 0.6) is 0 Å². The lowest BCUT2D eigenvalue weighted by molar-refractivity contribution is 0.246. The number of sulfonamides is 1. The van der Waals surface area contributed by atoms with Crippen LogP contribution in [0, 0.1) is 5.41 Å². The molecule has 0 radical (unpaired) electrons. The SMILES string of the molecule is O=S(=O)(c1c[nH]c2ncccc12)N1CCC2(CC1)C[C@H]2c1nnc(-c2ccccc2)o1. The van der Waals surface area contributed by atoms with Crippen LogP contribution in [0.2, 0.25) is 0 Å². The van der Waals surface area contributed by atoms with Gasteiger partial charge in [0.05, 0.1) is 0 Å². The molecule has 158 valence electrons. The summed E-state index contributed by atoms with van der Waals surface area (Å²) in [5.74, 6) is 1.41. The number of hydrogen-bond donors (Lipinski definition) is 1. The molecule has 1 aliphatic carbocycles. The van der Waals surface area contributed by atoms with Crippen LogP contribution in [0.25, 0.3) is 22.5 Å². The smallest absolute Gasteiger partial charge is 0.247 e. The fraction of sp³-hybridized carbons (Fsp3) is 0.318. The Labute approximate surface area is 179 Å². The highest BCUT2D eigenvalue weighted by atomic mass is 32.2. The molecule has 1 spiro atoms. The fourth-order valence-corrected chi connectivity index (χ4v) is 6.37. The van der Waals surface area contributed by atoms with Gasteiger partial charge in [-0.1, -0.05) is 18.2 Å². The first kappa shape index (κ1) is 18.7. The molecule has 1 saturated heterocycles. The summed E-state index contributed by atoms with van der Waals surface area (Å²) >= 11 is 0. The maximum Gasteiger partial charge on any atom is 0.247 e. The second-order valence-electron chi connectivity index (χ2n) is 8.39. The number of aromatic amines is 1. The zero-order chi connectivity index (χ0) is 21.1. The maximum absolute atomic E-state index is 13.2. The van der Waals surface area contributed by atoms with Gasteiger partial charge >= 0.3 is 0 Å². The Morgan fingerprint density at radius 3 is 2.68 bits per heavy atom. The molecule has 4 aromatic rings. The van der Waals surface area contributed by atoms with Gasteiger partial charge in [-0.25, -0.2) is 13.4 Å². The second-order valence-corrected chi connectivity index (χ2v) is 10.3. The first-order valence-corrected chi connectivity index (χ1v) is 11.8. The van der Waals surface area contributed by atoms with Gasteiger partial charge in [-0.2, -0.15) is 4.31 Å². The van der Waals surface area contributed by atoms with Crippen molar-refractivity contribution in [1.29, 1.82) is 0 Å². The molecule has 1 atom stereocenters. The van der Waals surface area contributed by atoms with E-state index in [1.165, 1.54) is 0 Å². The number of piperidine rings is 1. The summed E-state index contributed by atoms with van der Waals surface area (Å²) in [6, 6.07) is 13.3. The molecule has 31 heavy (non-hydrogen) atoms. The predicted octanol–water partition coefficient (Wildman–Crippen LogP) is 3.57. The van der Waals surface area contributed by atoms with E-state index in [2.05, 4.69) is 20.2 Å². The first-order valence-electron chi connectivity index (χ1n) is 10.4. The molecule has 2 fully saturated rings. The molecule has 4 heterocycles. The second kappa shape index (κ2) is 6.73. The zero-order valence-corrected chi connectivity index (χ0v) is 17.5. The Balaban J connectivity index is 1.18. The summed E-state index contributed by atoms with van der Waals surface area (Å²) in [6.45, 7) is 0.983. The minimum Gasteiger partial charge on any atom is -0.420 e. The number of benzene rings is 1. The molecule has 2 aliphatic rings. The molecular weight excluding hydrogens is 414 g/mol. The summed E-state index contributed by atoms with van der Waals surface area (Å²) in [5, 5.41) is 9.13. The van der Waals surface area contributed by atoms with Crippen LogP contribution >= 0.6 is 0 Å². The third kappa shape index (κ3) is 2.99. The van der Waals surface area contributed by atoms with Gasteiger partial charge in [0.1, 0.15) is 10.5 Å². The Kier molecular flexibility index (Phi) is 4.06. The van der Waals surface area contributed by atoms with Gasteiger partial charge in [0.15, 0.2) is 0 Å². The maximum atomic E-state index is 13.2. The Hall–Kier alpha value is -3.04. The van der Waals surface area contributed by atoms with Crippen LogP contribution in [0.1, 0.15) is 31.1 Å².